The number of ether oxygens (including phenoxy) is 3. The largest absolute Gasteiger partial charge is 0.454 e. The van der Waals surface area contributed by atoms with E-state index in [1.165, 1.54) is 21.3 Å². The lowest BCUT2D eigenvalue weighted by Gasteiger charge is -2.31. The van der Waals surface area contributed by atoms with Crippen LogP contribution in [-0.2, 0) is 26.0 Å². The van der Waals surface area contributed by atoms with Gasteiger partial charge in [0, 0.05) is 24.8 Å². The molecule has 45 heavy (non-hydrogen) atoms. The molecule has 11 nitrogen and oxygen atoms in total. The van der Waals surface area contributed by atoms with Gasteiger partial charge < -0.3 is 24.6 Å². The van der Waals surface area contributed by atoms with Gasteiger partial charge in [0.1, 0.15) is 0 Å². The molecular weight excluding hydrogens is 598 g/mol. The zero-order chi connectivity index (χ0) is 32.1. The predicted molar refractivity (Wildman–Crippen MR) is 168 cm³/mol. The lowest BCUT2D eigenvalue weighted by Crippen LogP contribution is -2.53. The average Bonchev–Trinajstić information content (AvgIpc) is 3.67. The van der Waals surface area contributed by atoms with Gasteiger partial charge in [0.15, 0.2) is 17.6 Å². The number of aryl methyl sites for hydroxylation is 1. The number of carbonyl (C=O) groups is 2. The minimum Gasteiger partial charge on any atom is -0.454 e. The Labute approximate surface area is 263 Å². The molecule has 2 aliphatic rings. The number of aliphatic hydroxyl groups excluding tert-OH is 1. The molecular formula is C33H39N3O8S. The standard InChI is InChI=1S/C33H39N3O8S/c1-4-22(2)18-35(45(40,41)26-13-14-29-30(17-26)43-21-42-29)19-28(37)27(16-24-10-6-5-7-11-24)34-32(38)31-20-36(33(39)44-31)25-12-8-9-23(3)15-25/h5-15,17,22,27-28,31,37H,4,16,18-21H2,1-3H3,(H,34,38)/t22-,27-,28+,31-/m0/s1. The summed E-state index contributed by atoms with van der Waals surface area (Å²) in [7, 11) is -4.07. The summed E-state index contributed by atoms with van der Waals surface area (Å²) in [5.74, 6) is 0.209. The fourth-order valence-corrected chi connectivity index (χ4v) is 6.90. The average molecular weight is 638 g/mol. The summed E-state index contributed by atoms with van der Waals surface area (Å²) in [4.78, 5) is 27.6. The second-order valence-electron chi connectivity index (χ2n) is 11.5. The van der Waals surface area contributed by atoms with Crippen LogP contribution >= 0.6 is 0 Å². The van der Waals surface area contributed by atoms with Crippen LogP contribution in [0.3, 0.4) is 0 Å². The van der Waals surface area contributed by atoms with Crippen LogP contribution in [0.4, 0.5) is 10.5 Å². The molecule has 0 aromatic heterocycles. The maximum Gasteiger partial charge on any atom is 0.415 e. The van der Waals surface area contributed by atoms with Crippen LogP contribution in [0.5, 0.6) is 11.5 Å². The van der Waals surface area contributed by atoms with Gasteiger partial charge in [-0.25, -0.2) is 13.2 Å². The van der Waals surface area contributed by atoms with Crippen LogP contribution in [0, 0.1) is 12.8 Å². The van der Waals surface area contributed by atoms with Crippen molar-refractivity contribution in [1.82, 2.24) is 9.62 Å². The second-order valence-corrected chi connectivity index (χ2v) is 13.5. The van der Waals surface area contributed by atoms with E-state index in [2.05, 4.69) is 5.32 Å². The van der Waals surface area contributed by atoms with Crippen molar-refractivity contribution in [3.8, 4) is 11.5 Å². The van der Waals surface area contributed by atoms with Crippen LogP contribution in [0.15, 0.2) is 77.7 Å². The van der Waals surface area contributed by atoms with E-state index in [0.717, 1.165) is 17.5 Å². The fourth-order valence-electron chi connectivity index (χ4n) is 5.30. The molecule has 2 N–H and O–H groups in total. The van der Waals surface area contributed by atoms with Gasteiger partial charge in [0.05, 0.1) is 23.6 Å². The van der Waals surface area contributed by atoms with Gasteiger partial charge in [0.2, 0.25) is 16.8 Å². The molecule has 1 fully saturated rings. The molecule has 0 unspecified atom stereocenters. The number of hydrogen-bond acceptors (Lipinski definition) is 8. The number of cyclic esters (lactones) is 1. The number of benzene rings is 3. The molecule has 4 atom stereocenters. The number of hydrogen-bond donors (Lipinski definition) is 2. The molecule has 0 aliphatic carbocycles. The highest BCUT2D eigenvalue weighted by Crippen LogP contribution is 2.35. The monoisotopic (exact) mass is 637 g/mol. The van der Waals surface area contributed by atoms with Crippen molar-refractivity contribution in [2.75, 3.05) is 31.3 Å². The van der Waals surface area contributed by atoms with Crippen molar-refractivity contribution in [2.45, 2.75) is 56.8 Å². The van der Waals surface area contributed by atoms with Gasteiger partial charge in [-0.2, -0.15) is 4.31 Å². The molecule has 2 aliphatic heterocycles. The maximum atomic E-state index is 13.9. The fraction of sp³-hybridized carbons (Fsp3) is 0.394. The minimum absolute atomic E-state index is 0.000898. The van der Waals surface area contributed by atoms with Gasteiger partial charge in [-0.1, -0.05) is 62.7 Å². The number of fused-ring (bicyclic) bond motifs is 1. The van der Waals surface area contributed by atoms with Gasteiger partial charge in [-0.05, 0) is 54.7 Å². The van der Waals surface area contributed by atoms with E-state index in [9.17, 15) is 23.1 Å². The summed E-state index contributed by atoms with van der Waals surface area (Å²) < 4.78 is 45.3. The van der Waals surface area contributed by atoms with E-state index in [1.807, 2.05) is 69.3 Å². The van der Waals surface area contributed by atoms with Gasteiger partial charge in [-0.3, -0.25) is 9.69 Å². The third kappa shape index (κ3) is 7.58. The van der Waals surface area contributed by atoms with Crippen molar-refractivity contribution in [3.63, 3.8) is 0 Å². The Morgan fingerprint density at radius 3 is 2.53 bits per heavy atom. The van der Waals surface area contributed by atoms with Crippen molar-refractivity contribution in [3.05, 3.63) is 83.9 Å². The van der Waals surface area contributed by atoms with Crippen LogP contribution in [0.2, 0.25) is 0 Å². The van der Waals surface area contributed by atoms with E-state index >= 15 is 0 Å². The van der Waals surface area contributed by atoms with Crippen molar-refractivity contribution < 1.29 is 37.3 Å². The van der Waals surface area contributed by atoms with Crippen LogP contribution < -0.4 is 19.7 Å². The number of sulfonamides is 1. The molecule has 0 radical (unpaired) electrons. The molecule has 2 amide bonds. The summed E-state index contributed by atoms with van der Waals surface area (Å²) in [6.07, 6.45) is -2.12. The third-order valence-corrected chi connectivity index (χ3v) is 9.92. The Kier molecular flexibility index (Phi) is 9.96. The number of aliphatic hydroxyl groups is 1. The number of anilines is 1. The van der Waals surface area contributed by atoms with Crippen molar-refractivity contribution in [1.29, 1.82) is 0 Å². The highest BCUT2D eigenvalue weighted by atomic mass is 32.2. The number of nitrogens with zero attached hydrogens (tertiary/aromatic N) is 2. The number of carbonyl (C=O) groups excluding carboxylic acids is 2. The molecule has 12 heteroatoms. The van der Waals surface area contributed by atoms with Crippen LogP contribution in [0.1, 0.15) is 31.4 Å². The lowest BCUT2D eigenvalue weighted by molar-refractivity contribution is -0.129. The van der Waals surface area contributed by atoms with E-state index in [0.29, 0.717) is 17.2 Å². The van der Waals surface area contributed by atoms with Crippen LogP contribution in [0.25, 0.3) is 0 Å². The Bertz CT molecular complexity index is 1620. The van der Waals surface area contributed by atoms with Crippen LogP contribution in [-0.4, -0.2) is 74.5 Å². The van der Waals surface area contributed by atoms with E-state index in [-0.39, 0.29) is 43.7 Å². The Morgan fingerprint density at radius 1 is 1.04 bits per heavy atom. The van der Waals surface area contributed by atoms with E-state index in [4.69, 9.17) is 14.2 Å². The first-order valence-electron chi connectivity index (χ1n) is 15.0. The molecule has 2 heterocycles. The van der Waals surface area contributed by atoms with Gasteiger partial charge in [0.25, 0.3) is 5.91 Å². The minimum atomic E-state index is -4.07. The predicted octanol–water partition coefficient (Wildman–Crippen LogP) is 3.87. The summed E-state index contributed by atoms with van der Waals surface area (Å²) in [6.45, 7) is 5.69. The lowest BCUT2D eigenvalue weighted by atomic mass is 10.0. The zero-order valence-electron chi connectivity index (χ0n) is 25.6. The quantitative estimate of drug-likeness (QED) is 0.289. The molecule has 3 aromatic rings. The topological polar surface area (TPSA) is 135 Å². The highest BCUT2D eigenvalue weighted by Gasteiger charge is 2.39. The Balaban J connectivity index is 1.37. The first-order chi connectivity index (χ1) is 21.5. The van der Waals surface area contributed by atoms with Gasteiger partial charge >= 0.3 is 6.09 Å². The van der Waals surface area contributed by atoms with E-state index in [1.54, 1.807) is 12.1 Å². The summed E-state index contributed by atoms with van der Waals surface area (Å²) in [6, 6.07) is 20.1. The maximum absolute atomic E-state index is 13.9. The first kappa shape index (κ1) is 32.3. The Hall–Kier alpha value is -4.13. The summed E-state index contributed by atoms with van der Waals surface area (Å²) in [5.41, 5.74) is 2.40. The molecule has 1 saturated heterocycles. The SMILES string of the molecule is CC[C@H](C)CN(C[C@@H](O)[C@H](Cc1ccccc1)NC(=O)[C@@H]1CN(c2cccc(C)c2)C(=O)O1)S(=O)(=O)c1ccc2c(c1)OCO2. The van der Waals surface area contributed by atoms with Crippen molar-refractivity contribution >= 4 is 27.7 Å². The molecule has 0 spiro atoms. The molecule has 0 bridgehead atoms. The molecule has 0 saturated carbocycles. The zero-order valence-corrected chi connectivity index (χ0v) is 26.4. The third-order valence-electron chi connectivity index (χ3n) is 8.09. The number of amides is 2. The summed E-state index contributed by atoms with van der Waals surface area (Å²) in [5, 5.41) is 14.5. The van der Waals surface area contributed by atoms with Crippen molar-refractivity contribution in [2.24, 2.45) is 5.92 Å². The van der Waals surface area contributed by atoms with E-state index < -0.39 is 40.3 Å². The smallest absolute Gasteiger partial charge is 0.415 e. The Morgan fingerprint density at radius 2 is 1.80 bits per heavy atom. The number of nitrogens with one attached hydrogen (secondary N) is 1. The number of rotatable bonds is 13. The highest BCUT2D eigenvalue weighted by molar-refractivity contribution is 7.89. The summed E-state index contributed by atoms with van der Waals surface area (Å²) >= 11 is 0. The van der Waals surface area contributed by atoms with Gasteiger partial charge in [-0.15, -0.1) is 0 Å². The molecule has 5 rings (SSSR count). The molecule has 3 aromatic carbocycles. The molecule has 240 valence electrons. The first-order valence-corrected chi connectivity index (χ1v) is 16.5. The normalized spacial score (nSPS) is 18.0. The second kappa shape index (κ2) is 13.9.